The topological polar surface area (TPSA) is 56.0 Å². The first kappa shape index (κ1) is 15.9. The zero-order valence-corrected chi connectivity index (χ0v) is 15.6. The predicted octanol–water partition coefficient (Wildman–Crippen LogP) is 3.31. The van der Waals surface area contributed by atoms with Crippen molar-refractivity contribution in [2.75, 3.05) is 6.54 Å². The lowest BCUT2D eigenvalue weighted by Crippen LogP contribution is -2.40. The van der Waals surface area contributed by atoms with Crippen LogP contribution in [0.1, 0.15) is 30.4 Å². The highest BCUT2D eigenvalue weighted by Gasteiger charge is 2.33. The van der Waals surface area contributed by atoms with E-state index in [4.69, 9.17) is 0 Å². The quantitative estimate of drug-likeness (QED) is 0.555. The molecule has 0 bridgehead atoms. The normalized spacial score (nSPS) is 16.6. The van der Waals surface area contributed by atoms with E-state index in [1.807, 2.05) is 17.0 Å². The van der Waals surface area contributed by atoms with Crippen LogP contribution in [0, 0.1) is 0 Å². The molecule has 0 saturated heterocycles. The number of carbonyl (C=O) groups is 1. The van der Waals surface area contributed by atoms with Gasteiger partial charge in [0.2, 0.25) is 5.91 Å². The Morgan fingerprint density at radius 2 is 1.61 bits per heavy atom. The molecule has 6 heteroatoms. The van der Waals surface area contributed by atoms with Gasteiger partial charge in [0, 0.05) is 40.8 Å². The van der Waals surface area contributed by atoms with Crippen LogP contribution >= 0.6 is 0 Å². The van der Waals surface area contributed by atoms with Gasteiger partial charge in [0.05, 0.1) is 6.54 Å². The van der Waals surface area contributed by atoms with E-state index in [1.54, 1.807) is 0 Å². The molecule has 1 amide bonds. The lowest BCUT2D eigenvalue weighted by atomic mass is 10.2. The Labute approximate surface area is 162 Å². The van der Waals surface area contributed by atoms with Crippen LogP contribution < -0.4 is 0 Å². The van der Waals surface area contributed by atoms with Gasteiger partial charge in [-0.15, -0.1) is 10.2 Å². The molecular formula is C22H21N5O. The number of amides is 1. The molecule has 3 heterocycles. The van der Waals surface area contributed by atoms with Gasteiger partial charge in [-0.05, 0) is 25.0 Å². The van der Waals surface area contributed by atoms with Gasteiger partial charge in [-0.25, -0.2) is 0 Å². The molecule has 1 aliphatic carbocycles. The van der Waals surface area contributed by atoms with Crippen molar-refractivity contribution in [3.8, 4) is 0 Å². The predicted molar refractivity (Wildman–Crippen MR) is 107 cm³/mol. The first-order valence-corrected chi connectivity index (χ1v) is 9.95. The summed E-state index contributed by atoms with van der Waals surface area (Å²) in [7, 11) is 0. The van der Waals surface area contributed by atoms with Crippen molar-refractivity contribution in [3.63, 3.8) is 0 Å². The Morgan fingerprint density at radius 3 is 2.29 bits per heavy atom. The third-order valence-corrected chi connectivity index (χ3v) is 6.05. The van der Waals surface area contributed by atoms with Crippen molar-refractivity contribution >= 4 is 27.7 Å². The summed E-state index contributed by atoms with van der Waals surface area (Å²) >= 11 is 0. The Kier molecular flexibility index (Phi) is 3.36. The maximum atomic E-state index is 13.2. The third kappa shape index (κ3) is 2.37. The molecule has 2 aromatic heterocycles. The standard InChI is InChI=1S/C22H21N5O/c28-21(25-11-12-26-20(13-25)23-24-22(26)15-9-10-15)14-27-18-7-3-1-5-16(18)17-6-2-4-8-19(17)27/h1-8,15H,9-14H2. The summed E-state index contributed by atoms with van der Waals surface area (Å²) in [5.74, 6) is 2.75. The van der Waals surface area contributed by atoms with Gasteiger partial charge in [-0.2, -0.15) is 0 Å². The monoisotopic (exact) mass is 371 g/mol. The number of hydrogen-bond donors (Lipinski definition) is 0. The second-order valence-electron chi connectivity index (χ2n) is 7.84. The van der Waals surface area contributed by atoms with Gasteiger partial charge in [0.25, 0.3) is 0 Å². The summed E-state index contributed by atoms with van der Waals surface area (Å²) in [5, 5.41) is 11.1. The number of para-hydroxylation sites is 2. The van der Waals surface area contributed by atoms with Crippen molar-refractivity contribution in [2.45, 2.75) is 38.4 Å². The van der Waals surface area contributed by atoms with Crippen molar-refractivity contribution < 1.29 is 4.79 Å². The number of fused-ring (bicyclic) bond motifs is 4. The average molecular weight is 371 g/mol. The van der Waals surface area contributed by atoms with Crippen LogP contribution in [-0.4, -0.2) is 36.7 Å². The van der Waals surface area contributed by atoms with Gasteiger partial charge in [-0.3, -0.25) is 4.79 Å². The smallest absolute Gasteiger partial charge is 0.243 e. The van der Waals surface area contributed by atoms with E-state index in [2.05, 4.69) is 55.7 Å². The van der Waals surface area contributed by atoms with Gasteiger partial charge >= 0.3 is 0 Å². The van der Waals surface area contributed by atoms with E-state index in [0.29, 0.717) is 19.0 Å². The number of rotatable bonds is 3. The highest BCUT2D eigenvalue weighted by molar-refractivity contribution is 6.08. The van der Waals surface area contributed by atoms with E-state index in [-0.39, 0.29) is 5.91 Å². The lowest BCUT2D eigenvalue weighted by Gasteiger charge is -2.28. The number of aromatic nitrogens is 4. The fourth-order valence-corrected chi connectivity index (χ4v) is 4.45. The van der Waals surface area contributed by atoms with Gasteiger partial charge in [0.15, 0.2) is 5.82 Å². The van der Waals surface area contributed by atoms with Crippen LogP contribution in [0.15, 0.2) is 48.5 Å². The molecule has 1 fully saturated rings. The van der Waals surface area contributed by atoms with Crippen molar-refractivity contribution in [3.05, 3.63) is 60.2 Å². The lowest BCUT2D eigenvalue weighted by molar-refractivity contribution is -0.133. The Balaban J connectivity index is 1.32. The van der Waals surface area contributed by atoms with E-state index in [1.165, 1.54) is 23.6 Å². The molecule has 6 rings (SSSR count). The number of carbonyl (C=O) groups excluding carboxylic acids is 1. The maximum absolute atomic E-state index is 13.2. The summed E-state index contributed by atoms with van der Waals surface area (Å²) in [6.45, 7) is 2.42. The fraction of sp³-hybridized carbons (Fsp3) is 0.318. The summed E-state index contributed by atoms with van der Waals surface area (Å²) in [6, 6.07) is 16.6. The summed E-state index contributed by atoms with van der Waals surface area (Å²) in [5.41, 5.74) is 2.21. The minimum atomic E-state index is 0.133. The molecule has 28 heavy (non-hydrogen) atoms. The second kappa shape index (κ2) is 5.92. The van der Waals surface area contributed by atoms with Gasteiger partial charge < -0.3 is 14.0 Å². The molecule has 1 saturated carbocycles. The second-order valence-corrected chi connectivity index (χ2v) is 7.84. The number of benzene rings is 2. The molecule has 0 N–H and O–H groups in total. The van der Waals surface area contributed by atoms with Crippen LogP contribution in [0.2, 0.25) is 0 Å². The number of nitrogens with zero attached hydrogens (tertiary/aromatic N) is 5. The van der Waals surface area contributed by atoms with E-state index >= 15 is 0 Å². The molecule has 140 valence electrons. The summed E-state index contributed by atoms with van der Waals surface area (Å²) in [6.07, 6.45) is 2.43. The Bertz CT molecular complexity index is 1160. The van der Waals surface area contributed by atoms with E-state index in [9.17, 15) is 4.79 Å². The van der Waals surface area contributed by atoms with E-state index in [0.717, 1.165) is 35.8 Å². The highest BCUT2D eigenvalue weighted by atomic mass is 16.2. The largest absolute Gasteiger partial charge is 0.332 e. The summed E-state index contributed by atoms with van der Waals surface area (Å²) in [4.78, 5) is 15.1. The van der Waals surface area contributed by atoms with Crippen molar-refractivity contribution in [1.29, 1.82) is 0 Å². The highest BCUT2D eigenvalue weighted by Crippen LogP contribution is 2.39. The number of hydrogen-bond acceptors (Lipinski definition) is 3. The average Bonchev–Trinajstić information content (AvgIpc) is 3.42. The SMILES string of the molecule is O=C(Cn1c2ccccc2c2ccccc21)N1CCn2c(nnc2C2CC2)C1. The summed E-state index contributed by atoms with van der Waals surface area (Å²) < 4.78 is 4.36. The first-order chi connectivity index (χ1) is 13.8. The molecule has 6 nitrogen and oxygen atoms in total. The zero-order valence-electron chi connectivity index (χ0n) is 15.6. The Morgan fingerprint density at radius 1 is 0.929 bits per heavy atom. The van der Waals surface area contributed by atoms with Gasteiger partial charge in [-0.1, -0.05) is 36.4 Å². The van der Waals surface area contributed by atoms with Crippen LogP contribution in [0.3, 0.4) is 0 Å². The molecule has 2 aliphatic rings. The maximum Gasteiger partial charge on any atom is 0.243 e. The molecule has 0 radical (unpaired) electrons. The minimum Gasteiger partial charge on any atom is -0.332 e. The van der Waals surface area contributed by atoms with Crippen molar-refractivity contribution in [1.82, 2.24) is 24.2 Å². The third-order valence-electron chi connectivity index (χ3n) is 6.05. The van der Waals surface area contributed by atoms with Crippen LogP contribution in [-0.2, 0) is 24.4 Å². The molecule has 0 unspecified atom stereocenters. The zero-order chi connectivity index (χ0) is 18.7. The molecule has 1 aliphatic heterocycles. The van der Waals surface area contributed by atoms with Crippen LogP contribution in [0.25, 0.3) is 21.8 Å². The molecule has 0 atom stereocenters. The molecule has 4 aromatic rings. The first-order valence-electron chi connectivity index (χ1n) is 9.95. The van der Waals surface area contributed by atoms with Crippen molar-refractivity contribution in [2.24, 2.45) is 0 Å². The fourth-order valence-electron chi connectivity index (χ4n) is 4.45. The van der Waals surface area contributed by atoms with E-state index < -0.39 is 0 Å². The van der Waals surface area contributed by atoms with Gasteiger partial charge in [0.1, 0.15) is 12.4 Å². The minimum absolute atomic E-state index is 0.133. The molecular weight excluding hydrogens is 350 g/mol. The Hall–Kier alpha value is -3.15. The molecule has 0 spiro atoms. The van der Waals surface area contributed by atoms with Crippen LogP contribution in [0.5, 0.6) is 0 Å². The van der Waals surface area contributed by atoms with Crippen LogP contribution in [0.4, 0.5) is 0 Å². The molecule has 2 aromatic carbocycles.